The Bertz CT molecular complexity index is 527. The molecule has 0 saturated heterocycles. The van der Waals surface area contributed by atoms with Crippen LogP contribution in [-0.4, -0.2) is 11.2 Å². The number of nitrogens with one attached hydrogen (secondary N) is 1. The Labute approximate surface area is 120 Å². The molecule has 0 aliphatic heterocycles. The molecule has 3 nitrogen and oxygen atoms in total. The van der Waals surface area contributed by atoms with Gasteiger partial charge < -0.3 is 9.73 Å². The monoisotopic (exact) mass is 326 g/mol. The zero-order chi connectivity index (χ0) is 13.0. The summed E-state index contributed by atoms with van der Waals surface area (Å²) in [5.74, 6) is 2.88. The van der Waals surface area contributed by atoms with Crippen molar-refractivity contribution in [1.82, 2.24) is 4.98 Å². The molecule has 2 rings (SSSR count). The molecule has 0 aliphatic rings. The number of furan rings is 1. The van der Waals surface area contributed by atoms with Crippen LogP contribution in [0.4, 0.5) is 5.69 Å². The van der Waals surface area contributed by atoms with Crippen molar-refractivity contribution >= 4 is 33.4 Å². The standard InChI is InChI=1S/C13H15BrN2OS/c1-9-12(5-6-13(14)16-9)15-7-10-3-4-11(17-10)8-18-2/h3-6,15H,7-8H2,1-2H3. The summed E-state index contributed by atoms with van der Waals surface area (Å²) in [6.45, 7) is 2.66. The summed E-state index contributed by atoms with van der Waals surface area (Å²) < 4.78 is 6.55. The van der Waals surface area contributed by atoms with Crippen LogP contribution in [0, 0.1) is 6.92 Å². The van der Waals surface area contributed by atoms with Gasteiger partial charge in [-0.15, -0.1) is 0 Å². The minimum Gasteiger partial charge on any atom is -0.463 e. The first-order valence-electron chi connectivity index (χ1n) is 5.62. The fraction of sp³-hybridized carbons (Fsp3) is 0.308. The van der Waals surface area contributed by atoms with Crippen molar-refractivity contribution in [1.29, 1.82) is 0 Å². The summed E-state index contributed by atoms with van der Waals surface area (Å²) in [5, 5.41) is 3.33. The number of halogens is 1. The second-order valence-electron chi connectivity index (χ2n) is 3.92. The zero-order valence-corrected chi connectivity index (χ0v) is 12.8. The molecule has 2 aromatic heterocycles. The lowest BCUT2D eigenvalue weighted by Gasteiger charge is -2.07. The normalized spacial score (nSPS) is 10.6. The molecule has 0 unspecified atom stereocenters. The van der Waals surface area contributed by atoms with E-state index in [0.29, 0.717) is 6.54 Å². The summed E-state index contributed by atoms with van der Waals surface area (Å²) in [4.78, 5) is 4.34. The largest absolute Gasteiger partial charge is 0.463 e. The molecule has 2 aromatic rings. The van der Waals surface area contributed by atoms with E-state index in [1.807, 2.05) is 31.2 Å². The fourth-order valence-electron chi connectivity index (χ4n) is 1.64. The molecule has 0 amide bonds. The van der Waals surface area contributed by atoms with Gasteiger partial charge in [-0.1, -0.05) is 0 Å². The summed E-state index contributed by atoms with van der Waals surface area (Å²) in [7, 11) is 0. The van der Waals surface area contributed by atoms with E-state index in [1.165, 1.54) is 0 Å². The maximum Gasteiger partial charge on any atom is 0.123 e. The van der Waals surface area contributed by atoms with Crippen LogP contribution >= 0.6 is 27.7 Å². The SMILES string of the molecule is CSCc1ccc(CNc2ccc(Br)nc2C)o1. The lowest BCUT2D eigenvalue weighted by Crippen LogP contribution is -2.01. The number of hydrogen-bond donors (Lipinski definition) is 1. The Morgan fingerprint density at radius 1 is 1.28 bits per heavy atom. The number of nitrogens with zero attached hydrogens (tertiary/aromatic N) is 1. The van der Waals surface area contributed by atoms with Gasteiger partial charge in [0.2, 0.25) is 0 Å². The molecule has 18 heavy (non-hydrogen) atoms. The Morgan fingerprint density at radius 2 is 2.06 bits per heavy atom. The molecule has 0 bridgehead atoms. The van der Waals surface area contributed by atoms with Crippen molar-refractivity contribution < 1.29 is 4.42 Å². The molecule has 0 aromatic carbocycles. The average Bonchev–Trinajstić information content (AvgIpc) is 2.76. The van der Waals surface area contributed by atoms with Gasteiger partial charge in [0.25, 0.3) is 0 Å². The number of hydrogen-bond acceptors (Lipinski definition) is 4. The van der Waals surface area contributed by atoms with E-state index in [0.717, 1.165) is 33.3 Å². The van der Waals surface area contributed by atoms with E-state index in [2.05, 4.69) is 32.5 Å². The lowest BCUT2D eigenvalue weighted by atomic mass is 10.3. The number of aryl methyl sites for hydroxylation is 1. The zero-order valence-electron chi connectivity index (χ0n) is 10.4. The van der Waals surface area contributed by atoms with Gasteiger partial charge in [-0.2, -0.15) is 11.8 Å². The number of rotatable bonds is 5. The molecule has 2 heterocycles. The van der Waals surface area contributed by atoms with Gasteiger partial charge in [0.15, 0.2) is 0 Å². The second-order valence-corrected chi connectivity index (χ2v) is 5.60. The second kappa shape index (κ2) is 6.29. The van der Waals surface area contributed by atoms with Gasteiger partial charge in [0, 0.05) is 0 Å². The van der Waals surface area contributed by atoms with E-state index < -0.39 is 0 Å². The number of anilines is 1. The van der Waals surface area contributed by atoms with Gasteiger partial charge in [-0.25, -0.2) is 4.98 Å². The third-order valence-electron chi connectivity index (χ3n) is 2.51. The first kappa shape index (κ1) is 13.5. The summed E-state index contributed by atoms with van der Waals surface area (Å²) >= 11 is 5.11. The number of pyridine rings is 1. The molecule has 5 heteroatoms. The Balaban J connectivity index is 1.97. The van der Waals surface area contributed by atoms with Crippen molar-refractivity contribution in [2.24, 2.45) is 0 Å². The predicted molar refractivity (Wildman–Crippen MR) is 79.9 cm³/mol. The van der Waals surface area contributed by atoms with Crippen LogP contribution in [0.25, 0.3) is 0 Å². The molecular weight excluding hydrogens is 312 g/mol. The Hall–Kier alpha value is -0.940. The Morgan fingerprint density at radius 3 is 2.78 bits per heavy atom. The van der Waals surface area contributed by atoms with E-state index in [1.54, 1.807) is 11.8 Å². The van der Waals surface area contributed by atoms with Crippen LogP contribution in [0.5, 0.6) is 0 Å². The highest BCUT2D eigenvalue weighted by molar-refractivity contribution is 9.10. The van der Waals surface area contributed by atoms with Crippen molar-refractivity contribution in [3.05, 3.63) is 46.1 Å². The highest BCUT2D eigenvalue weighted by atomic mass is 79.9. The lowest BCUT2D eigenvalue weighted by molar-refractivity contribution is 0.487. The minimum absolute atomic E-state index is 0.679. The molecular formula is C13H15BrN2OS. The topological polar surface area (TPSA) is 38.1 Å². The third kappa shape index (κ3) is 3.53. The molecule has 0 aliphatic carbocycles. The molecule has 96 valence electrons. The third-order valence-corrected chi connectivity index (χ3v) is 3.52. The molecule has 0 saturated carbocycles. The number of aromatic nitrogens is 1. The predicted octanol–water partition coefficient (Wildman–Crippen LogP) is 4.22. The average molecular weight is 327 g/mol. The Kier molecular flexibility index (Phi) is 4.72. The van der Waals surface area contributed by atoms with Gasteiger partial charge in [0.1, 0.15) is 16.1 Å². The summed E-state index contributed by atoms with van der Waals surface area (Å²) in [6.07, 6.45) is 2.07. The van der Waals surface area contributed by atoms with Crippen molar-refractivity contribution in [3.8, 4) is 0 Å². The van der Waals surface area contributed by atoms with E-state index >= 15 is 0 Å². The first-order valence-corrected chi connectivity index (χ1v) is 7.81. The molecule has 0 fully saturated rings. The first-order chi connectivity index (χ1) is 8.69. The van der Waals surface area contributed by atoms with Crippen LogP contribution < -0.4 is 5.32 Å². The highest BCUT2D eigenvalue weighted by Gasteiger charge is 2.03. The van der Waals surface area contributed by atoms with Gasteiger partial charge in [-0.3, -0.25) is 0 Å². The van der Waals surface area contributed by atoms with E-state index in [-0.39, 0.29) is 0 Å². The maximum atomic E-state index is 5.70. The maximum absolute atomic E-state index is 5.70. The van der Waals surface area contributed by atoms with E-state index in [9.17, 15) is 0 Å². The van der Waals surface area contributed by atoms with Gasteiger partial charge in [0.05, 0.1) is 23.7 Å². The molecule has 0 spiro atoms. The fourth-order valence-corrected chi connectivity index (χ4v) is 2.47. The number of thioether (sulfide) groups is 1. The van der Waals surface area contributed by atoms with E-state index in [4.69, 9.17) is 4.42 Å². The van der Waals surface area contributed by atoms with Gasteiger partial charge in [-0.05, 0) is 53.4 Å². The van der Waals surface area contributed by atoms with Crippen LogP contribution in [0.15, 0.2) is 33.3 Å². The highest BCUT2D eigenvalue weighted by Crippen LogP contribution is 2.18. The minimum atomic E-state index is 0.679. The van der Waals surface area contributed by atoms with Crippen LogP contribution in [0.2, 0.25) is 0 Å². The molecule has 0 radical (unpaired) electrons. The van der Waals surface area contributed by atoms with Crippen LogP contribution in [-0.2, 0) is 12.3 Å². The van der Waals surface area contributed by atoms with Crippen molar-refractivity contribution in [3.63, 3.8) is 0 Å². The molecule has 0 atom stereocenters. The quantitative estimate of drug-likeness (QED) is 0.835. The molecule has 1 N–H and O–H groups in total. The van der Waals surface area contributed by atoms with Crippen molar-refractivity contribution in [2.45, 2.75) is 19.2 Å². The van der Waals surface area contributed by atoms with Gasteiger partial charge >= 0.3 is 0 Å². The summed E-state index contributed by atoms with van der Waals surface area (Å²) in [5.41, 5.74) is 2.00. The smallest absolute Gasteiger partial charge is 0.123 e. The van der Waals surface area contributed by atoms with Crippen LogP contribution in [0.1, 0.15) is 17.2 Å². The summed E-state index contributed by atoms with van der Waals surface area (Å²) in [6, 6.07) is 7.98. The van der Waals surface area contributed by atoms with Crippen molar-refractivity contribution in [2.75, 3.05) is 11.6 Å². The van der Waals surface area contributed by atoms with Crippen LogP contribution in [0.3, 0.4) is 0 Å².